The molecule has 3 heteroatoms. The molecule has 9 heavy (non-hydrogen) atoms. The molecule has 48 valence electrons. The van der Waals surface area contributed by atoms with Crippen molar-refractivity contribution < 1.29 is 0 Å². The van der Waals surface area contributed by atoms with Crippen LogP contribution >= 0.6 is 23.3 Å². The van der Waals surface area contributed by atoms with E-state index in [2.05, 4.69) is 5.80 Å². The average Bonchev–Trinajstić information content (AvgIpc) is 2.11. The Morgan fingerprint density at radius 3 is 2.89 bits per heavy atom. The van der Waals surface area contributed by atoms with Crippen molar-refractivity contribution in [1.29, 1.82) is 0 Å². The first-order valence-electron chi connectivity index (χ1n) is 3.32. The molecule has 1 saturated carbocycles. The van der Waals surface area contributed by atoms with Crippen LogP contribution in [-0.2, 0) is 0 Å². The molecular weight excluding hydrogens is 165 g/mol. The van der Waals surface area contributed by atoms with Crippen LogP contribution in [0.3, 0.4) is 0 Å². The molecule has 0 spiro atoms. The van der Waals surface area contributed by atoms with E-state index in [1.54, 1.807) is 21.0 Å². The summed E-state index contributed by atoms with van der Waals surface area (Å²) in [5.41, 5.74) is 0. The van der Waals surface area contributed by atoms with Crippen LogP contribution in [0.5, 0.6) is 0 Å². The van der Waals surface area contributed by atoms with Crippen LogP contribution in [0.15, 0.2) is 5.80 Å². The summed E-state index contributed by atoms with van der Waals surface area (Å²) in [6.45, 7) is 0. The van der Waals surface area contributed by atoms with Crippen molar-refractivity contribution in [2.24, 2.45) is 0 Å². The summed E-state index contributed by atoms with van der Waals surface area (Å²) in [6.07, 6.45) is 4.45. The number of rotatable bonds is 1. The SMILES string of the molecule is c1p[pH]pc1C1CCC1. The highest BCUT2D eigenvalue weighted by Gasteiger charge is 2.19. The van der Waals surface area contributed by atoms with E-state index in [1.807, 2.05) is 0 Å². The van der Waals surface area contributed by atoms with Gasteiger partial charge in [0.05, 0.1) is 0 Å². The number of hydrogen-bond donors (Lipinski definition) is 0. The Morgan fingerprint density at radius 1 is 1.56 bits per heavy atom. The summed E-state index contributed by atoms with van der Waals surface area (Å²) in [6, 6.07) is 0. The highest BCUT2D eigenvalue weighted by atomic mass is 32.1. The van der Waals surface area contributed by atoms with Crippen molar-refractivity contribution in [2.45, 2.75) is 25.2 Å². The molecule has 0 amide bonds. The van der Waals surface area contributed by atoms with Gasteiger partial charge in [0.2, 0.25) is 0 Å². The third-order valence-electron chi connectivity index (χ3n) is 1.96. The van der Waals surface area contributed by atoms with Crippen molar-refractivity contribution >= 4 is 23.3 Å². The van der Waals surface area contributed by atoms with Crippen LogP contribution in [0.1, 0.15) is 30.5 Å². The van der Waals surface area contributed by atoms with E-state index >= 15 is 0 Å². The molecule has 1 fully saturated rings. The Morgan fingerprint density at radius 2 is 2.44 bits per heavy atom. The summed E-state index contributed by atoms with van der Waals surface area (Å²) in [4.78, 5) is 0. The second kappa shape index (κ2) is 2.71. The van der Waals surface area contributed by atoms with Gasteiger partial charge in [-0.2, -0.15) is 0 Å². The maximum Gasteiger partial charge on any atom is -0.00866 e. The molecule has 1 heterocycles. The Balaban J connectivity index is 2.14. The van der Waals surface area contributed by atoms with Crippen molar-refractivity contribution in [1.82, 2.24) is 0 Å². The molecule has 1 unspecified atom stereocenters. The Hall–Kier alpha value is 0.640. The van der Waals surface area contributed by atoms with Gasteiger partial charge in [0.15, 0.2) is 0 Å². The van der Waals surface area contributed by atoms with E-state index in [0.717, 1.165) is 5.92 Å². The lowest BCUT2D eigenvalue weighted by Crippen LogP contribution is -2.05. The van der Waals surface area contributed by atoms with Crippen LogP contribution in [0.2, 0.25) is 0 Å². The van der Waals surface area contributed by atoms with Gasteiger partial charge in [-0.15, -0.1) is 0 Å². The normalized spacial score (nSPS) is 22.2. The van der Waals surface area contributed by atoms with Crippen molar-refractivity contribution in [3.8, 4) is 0 Å². The van der Waals surface area contributed by atoms with E-state index < -0.39 is 0 Å². The Bertz CT molecular complexity index is 176. The topological polar surface area (TPSA) is 0 Å². The standard InChI is InChI=1S/C6H9P3/c1-2-5(3-1)6-4-7-9-8-6/h4-5,9H,1-3H2. The molecule has 1 aromatic rings. The van der Waals surface area contributed by atoms with Gasteiger partial charge in [0.25, 0.3) is 0 Å². The number of hydrogen-bond acceptors (Lipinski definition) is 0. The molecule has 2 rings (SSSR count). The van der Waals surface area contributed by atoms with E-state index in [4.69, 9.17) is 0 Å². The molecule has 1 aromatic heterocycles. The summed E-state index contributed by atoms with van der Waals surface area (Å²) in [7, 11) is 4.42. The van der Waals surface area contributed by atoms with Crippen LogP contribution < -0.4 is 0 Å². The first-order chi connectivity index (χ1) is 4.47. The fourth-order valence-corrected chi connectivity index (χ4v) is 7.11. The molecule has 1 aliphatic carbocycles. The quantitative estimate of drug-likeness (QED) is 0.599. The van der Waals surface area contributed by atoms with E-state index in [9.17, 15) is 0 Å². The largest absolute Gasteiger partial charge is 0.0815 e. The minimum absolute atomic E-state index is 1.02. The predicted molar refractivity (Wildman–Crippen MR) is 47.6 cm³/mol. The van der Waals surface area contributed by atoms with Gasteiger partial charge >= 0.3 is 0 Å². The molecule has 0 aromatic carbocycles. The van der Waals surface area contributed by atoms with Gasteiger partial charge in [-0.3, -0.25) is 0 Å². The van der Waals surface area contributed by atoms with Gasteiger partial charge in [0, 0.05) is 0 Å². The maximum absolute atomic E-state index is 2.45. The minimum Gasteiger partial charge on any atom is -0.0815 e. The van der Waals surface area contributed by atoms with Gasteiger partial charge in [-0.25, -0.2) is 0 Å². The molecular formula is C6H9P3. The van der Waals surface area contributed by atoms with Gasteiger partial charge < -0.3 is 0 Å². The molecule has 0 nitrogen and oxygen atoms in total. The maximum atomic E-state index is 2.45. The smallest absolute Gasteiger partial charge is 0.00866 e. The van der Waals surface area contributed by atoms with E-state index in [-0.39, 0.29) is 0 Å². The van der Waals surface area contributed by atoms with Crippen molar-refractivity contribution in [3.63, 3.8) is 0 Å². The Labute approximate surface area is 60.1 Å². The first-order valence-corrected chi connectivity index (χ1v) is 7.86. The van der Waals surface area contributed by atoms with Gasteiger partial charge in [-0.05, 0) is 37.7 Å². The summed E-state index contributed by atoms with van der Waals surface area (Å²) in [5.74, 6) is 3.47. The zero-order valence-electron chi connectivity index (χ0n) is 5.17. The molecule has 1 aliphatic rings. The fraction of sp³-hybridized carbons (Fsp3) is 0.667. The minimum atomic E-state index is 1.02. The first kappa shape index (κ1) is 6.36. The van der Waals surface area contributed by atoms with Crippen LogP contribution in [0, 0.1) is 0 Å². The highest BCUT2D eigenvalue weighted by Crippen LogP contribution is 2.47. The molecule has 0 radical (unpaired) electrons. The monoisotopic (exact) mass is 174 g/mol. The van der Waals surface area contributed by atoms with Crippen molar-refractivity contribution in [2.75, 3.05) is 0 Å². The molecule has 1 atom stereocenters. The van der Waals surface area contributed by atoms with Gasteiger partial charge in [-0.1, -0.05) is 21.8 Å². The summed E-state index contributed by atoms with van der Waals surface area (Å²) >= 11 is 0. The highest BCUT2D eigenvalue weighted by molar-refractivity contribution is 8.17. The Kier molecular flexibility index (Phi) is 1.91. The average molecular weight is 174 g/mol. The lowest BCUT2D eigenvalue weighted by Gasteiger charge is -2.23. The third-order valence-corrected chi connectivity index (χ3v) is 7.28. The summed E-state index contributed by atoms with van der Waals surface area (Å²) < 4.78 is 0. The fourth-order valence-electron chi connectivity index (χ4n) is 1.11. The van der Waals surface area contributed by atoms with Gasteiger partial charge in [0.1, 0.15) is 0 Å². The summed E-state index contributed by atoms with van der Waals surface area (Å²) in [5, 5.41) is 1.77. The van der Waals surface area contributed by atoms with E-state index in [0.29, 0.717) is 0 Å². The lowest BCUT2D eigenvalue weighted by atomic mass is 9.85. The molecule has 0 aliphatic heterocycles. The van der Waals surface area contributed by atoms with E-state index in [1.165, 1.54) is 26.8 Å². The zero-order chi connectivity index (χ0) is 6.10. The molecule has 0 saturated heterocycles. The third kappa shape index (κ3) is 1.22. The molecule has 0 N–H and O–H groups in total. The van der Waals surface area contributed by atoms with Crippen molar-refractivity contribution in [3.05, 3.63) is 11.1 Å². The van der Waals surface area contributed by atoms with Crippen LogP contribution in [-0.4, -0.2) is 0 Å². The van der Waals surface area contributed by atoms with Crippen LogP contribution in [0.4, 0.5) is 0 Å². The lowest BCUT2D eigenvalue weighted by molar-refractivity contribution is 0.426. The molecule has 0 bridgehead atoms. The second-order valence-electron chi connectivity index (χ2n) is 2.52. The zero-order valence-corrected chi connectivity index (χ0v) is 7.96. The predicted octanol–water partition coefficient (Wildman–Crippen LogP) is 4.15. The van der Waals surface area contributed by atoms with Crippen LogP contribution in [0.25, 0.3) is 0 Å². The second-order valence-corrected chi connectivity index (χ2v) is 7.82.